The van der Waals surface area contributed by atoms with Gasteiger partial charge in [-0.25, -0.2) is 4.98 Å². The molecule has 0 saturated carbocycles. The van der Waals surface area contributed by atoms with Gasteiger partial charge < -0.3 is 18.3 Å². The molecular formula is C74H52N6. The van der Waals surface area contributed by atoms with Gasteiger partial charge in [0.15, 0.2) is 0 Å². The van der Waals surface area contributed by atoms with Crippen LogP contribution in [0.15, 0.2) is 243 Å². The first-order chi connectivity index (χ1) is 39.4. The van der Waals surface area contributed by atoms with Crippen molar-refractivity contribution in [2.75, 3.05) is 0 Å². The van der Waals surface area contributed by atoms with Gasteiger partial charge in [0.05, 0.1) is 83.8 Å². The fraction of sp³-hybridized carbons (Fsp3) is 0.0541. The minimum atomic E-state index is 0.838. The first-order valence-electron chi connectivity index (χ1n) is 27.6. The van der Waals surface area contributed by atoms with Gasteiger partial charge in [0.1, 0.15) is 0 Å². The predicted molar refractivity (Wildman–Crippen MR) is 335 cm³/mol. The molecule has 6 aromatic heterocycles. The van der Waals surface area contributed by atoms with Gasteiger partial charge in [-0.2, -0.15) is 0 Å². The summed E-state index contributed by atoms with van der Waals surface area (Å²) in [6, 6.07) is 85.4. The monoisotopic (exact) mass is 1020 g/mol. The first kappa shape index (κ1) is 45.9. The molecule has 6 heterocycles. The van der Waals surface area contributed by atoms with Crippen LogP contribution >= 0.6 is 0 Å². The maximum atomic E-state index is 5.94. The molecule has 0 saturated heterocycles. The Morgan fingerprint density at radius 1 is 0.250 bits per heavy atom. The Kier molecular flexibility index (Phi) is 10.1. The van der Waals surface area contributed by atoms with Gasteiger partial charge in [0.2, 0.25) is 0 Å². The molecule has 80 heavy (non-hydrogen) atoms. The maximum absolute atomic E-state index is 5.94. The Morgan fingerprint density at radius 2 is 0.600 bits per heavy atom. The van der Waals surface area contributed by atoms with Crippen LogP contribution in [0.1, 0.15) is 22.3 Å². The maximum Gasteiger partial charge on any atom is 0.0962 e. The average Bonchev–Trinajstić information content (AvgIpc) is 4.37. The standard InChI is InChI=1S/C74H52N6/c1-45-29-33-65-55(41-45)51-19-8-12-25-61(51)77(65)71-69(50-37-39-75-40-38-50)72(78-62-26-13-9-20-52(62)56-42-46(2)30-34-66(56)78)74(80-64-28-15-11-22-54(64)58-44-48(4)32-36-68(58)80)73(70(71)60-24-16-23-59(76-60)49-17-6-5-7-18-49)79-63-27-14-10-21-53(63)57-43-47(3)31-35-67(57)79/h5-44H,1-4H3. The van der Waals surface area contributed by atoms with Crippen molar-refractivity contribution in [1.82, 2.24) is 28.2 Å². The molecule has 0 radical (unpaired) electrons. The molecule has 0 atom stereocenters. The van der Waals surface area contributed by atoms with E-state index in [0.717, 1.165) is 101 Å². The SMILES string of the molecule is Cc1ccc2c(c1)c1ccccc1n2-c1c(-c2ccncc2)c(-n2c3ccccc3c3cc(C)ccc32)c(-n2c3ccccc3c3cc(C)ccc32)c(-n2c3ccccc3c3cc(C)ccc32)c1-c1cccc(-c2ccccc2)n1. The number of para-hydroxylation sites is 4. The third-order valence-electron chi connectivity index (χ3n) is 16.6. The summed E-state index contributed by atoms with van der Waals surface area (Å²) in [5, 5.41) is 9.45. The molecule has 10 aromatic carbocycles. The highest BCUT2D eigenvalue weighted by atomic mass is 15.1. The predicted octanol–water partition coefficient (Wildman–Crippen LogP) is 19.1. The third-order valence-corrected chi connectivity index (χ3v) is 16.6. The second-order valence-electron chi connectivity index (χ2n) is 21.6. The fourth-order valence-corrected chi connectivity index (χ4v) is 13.3. The molecule has 16 rings (SSSR count). The van der Waals surface area contributed by atoms with E-state index in [-0.39, 0.29) is 0 Å². The lowest BCUT2D eigenvalue weighted by atomic mass is 9.91. The van der Waals surface area contributed by atoms with E-state index in [2.05, 4.69) is 276 Å². The Hall–Kier alpha value is -10.3. The minimum absolute atomic E-state index is 0.838. The summed E-state index contributed by atoms with van der Waals surface area (Å²) >= 11 is 0. The van der Waals surface area contributed by atoms with Crippen molar-refractivity contribution in [3.63, 3.8) is 0 Å². The smallest absolute Gasteiger partial charge is 0.0962 e. The molecule has 6 heteroatoms. The van der Waals surface area contributed by atoms with Crippen molar-refractivity contribution in [2.24, 2.45) is 0 Å². The van der Waals surface area contributed by atoms with E-state index in [9.17, 15) is 0 Å². The lowest BCUT2D eigenvalue weighted by molar-refractivity contribution is 1.04. The number of benzene rings is 10. The number of aryl methyl sites for hydroxylation is 4. The second-order valence-corrected chi connectivity index (χ2v) is 21.6. The second kappa shape index (κ2) is 17.6. The van der Waals surface area contributed by atoms with E-state index in [1.165, 1.54) is 65.3 Å². The van der Waals surface area contributed by atoms with Crippen LogP contribution in [0.3, 0.4) is 0 Å². The van der Waals surface area contributed by atoms with Crippen LogP contribution in [0.4, 0.5) is 0 Å². The number of aromatic nitrogens is 6. The lowest BCUT2D eigenvalue weighted by Crippen LogP contribution is -2.16. The molecule has 0 aliphatic carbocycles. The van der Waals surface area contributed by atoms with Crippen LogP contribution in [0, 0.1) is 27.7 Å². The van der Waals surface area contributed by atoms with Crippen molar-refractivity contribution in [3.8, 4) is 56.4 Å². The summed E-state index contributed by atoms with van der Waals surface area (Å²) in [6.07, 6.45) is 3.90. The molecule has 0 spiro atoms. The highest BCUT2D eigenvalue weighted by molar-refractivity contribution is 6.18. The molecule has 0 aliphatic rings. The van der Waals surface area contributed by atoms with E-state index in [1.54, 1.807) is 0 Å². The number of rotatable bonds is 7. The molecule has 378 valence electrons. The van der Waals surface area contributed by atoms with Crippen LogP contribution in [0.5, 0.6) is 0 Å². The van der Waals surface area contributed by atoms with Crippen molar-refractivity contribution < 1.29 is 0 Å². The Bertz CT molecular complexity index is 5220. The van der Waals surface area contributed by atoms with E-state index >= 15 is 0 Å². The number of nitrogens with zero attached hydrogens (tertiary/aromatic N) is 6. The summed E-state index contributed by atoms with van der Waals surface area (Å²) in [4.78, 5) is 10.7. The van der Waals surface area contributed by atoms with E-state index in [0.29, 0.717) is 0 Å². The minimum Gasteiger partial charge on any atom is -0.308 e. The van der Waals surface area contributed by atoms with Crippen LogP contribution in [-0.2, 0) is 0 Å². The van der Waals surface area contributed by atoms with Gasteiger partial charge >= 0.3 is 0 Å². The Morgan fingerprint density at radius 3 is 1.04 bits per heavy atom. The van der Waals surface area contributed by atoms with Crippen LogP contribution in [0.25, 0.3) is 144 Å². The molecule has 0 aliphatic heterocycles. The quantitative estimate of drug-likeness (QED) is 0.160. The highest BCUT2D eigenvalue weighted by Crippen LogP contribution is 2.54. The zero-order valence-electron chi connectivity index (χ0n) is 44.8. The fourth-order valence-electron chi connectivity index (χ4n) is 13.3. The largest absolute Gasteiger partial charge is 0.308 e. The number of fused-ring (bicyclic) bond motifs is 12. The molecule has 0 bridgehead atoms. The number of pyridine rings is 2. The van der Waals surface area contributed by atoms with Crippen LogP contribution in [0.2, 0.25) is 0 Å². The number of hydrogen-bond acceptors (Lipinski definition) is 2. The van der Waals surface area contributed by atoms with Gasteiger partial charge in [0, 0.05) is 66.6 Å². The summed E-state index contributed by atoms with van der Waals surface area (Å²) in [6.45, 7) is 8.81. The van der Waals surface area contributed by atoms with E-state index < -0.39 is 0 Å². The van der Waals surface area contributed by atoms with Crippen LogP contribution < -0.4 is 0 Å². The summed E-state index contributed by atoms with van der Waals surface area (Å²) in [7, 11) is 0. The Balaban J connectivity index is 1.30. The number of hydrogen-bond donors (Lipinski definition) is 0. The molecule has 0 amide bonds. The normalized spacial score (nSPS) is 12.0. The summed E-state index contributed by atoms with van der Waals surface area (Å²) in [5.41, 5.74) is 23.4. The van der Waals surface area contributed by atoms with E-state index in [1.807, 2.05) is 12.4 Å². The first-order valence-corrected chi connectivity index (χ1v) is 27.6. The average molecular weight is 1030 g/mol. The van der Waals surface area contributed by atoms with E-state index in [4.69, 9.17) is 9.97 Å². The summed E-state index contributed by atoms with van der Waals surface area (Å²) in [5.74, 6) is 0. The van der Waals surface area contributed by atoms with Crippen LogP contribution in [-0.4, -0.2) is 28.2 Å². The van der Waals surface area contributed by atoms with Crippen molar-refractivity contribution in [2.45, 2.75) is 27.7 Å². The van der Waals surface area contributed by atoms with Crippen molar-refractivity contribution >= 4 is 87.2 Å². The molecule has 0 N–H and O–H groups in total. The summed E-state index contributed by atoms with van der Waals surface area (Å²) < 4.78 is 10.3. The Labute approximate surface area is 462 Å². The molecule has 0 fully saturated rings. The highest BCUT2D eigenvalue weighted by Gasteiger charge is 2.36. The molecule has 6 nitrogen and oxygen atoms in total. The zero-order valence-corrected chi connectivity index (χ0v) is 44.8. The van der Waals surface area contributed by atoms with Gasteiger partial charge in [-0.05, 0) is 130 Å². The third kappa shape index (κ3) is 6.72. The molecule has 0 unspecified atom stereocenters. The zero-order chi connectivity index (χ0) is 53.3. The van der Waals surface area contributed by atoms with Gasteiger partial charge in [-0.15, -0.1) is 0 Å². The van der Waals surface area contributed by atoms with Gasteiger partial charge in [0.25, 0.3) is 0 Å². The van der Waals surface area contributed by atoms with Crippen molar-refractivity contribution in [3.05, 3.63) is 265 Å². The topological polar surface area (TPSA) is 45.5 Å². The van der Waals surface area contributed by atoms with Gasteiger partial charge in [-0.1, -0.05) is 156 Å². The molecule has 16 aromatic rings. The molecular weight excluding hydrogens is 973 g/mol. The lowest BCUT2D eigenvalue weighted by Gasteiger charge is -2.31. The van der Waals surface area contributed by atoms with Crippen molar-refractivity contribution in [1.29, 1.82) is 0 Å². The van der Waals surface area contributed by atoms with Gasteiger partial charge in [-0.3, -0.25) is 4.98 Å².